The lowest BCUT2D eigenvalue weighted by Gasteiger charge is -1.98. The molecule has 26 heavy (non-hydrogen) atoms. The maximum Gasteiger partial charge on any atom is 0.342 e. The molecule has 0 bridgehead atoms. The molecular weight excluding hydrogens is 418 g/mol. The van der Waals surface area contributed by atoms with Gasteiger partial charge in [0.2, 0.25) is 5.16 Å². The minimum atomic E-state index is -1.06. The molecule has 0 aliphatic carbocycles. The van der Waals surface area contributed by atoms with Gasteiger partial charge in [-0.25, -0.2) is 9.78 Å². The number of nitrogens with one attached hydrogen (secondary N) is 1. The number of H-pyrrole nitrogens is 1. The van der Waals surface area contributed by atoms with Gasteiger partial charge in [-0.1, -0.05) is 35.0 Å². The van der Waals surface area contributed by atoms with Crippen molar-refractivity contribution in [1.82, 2.24) is 15.2 Å². The van der Waals surface area contributed by atoms with Gasteiger partial charge >= 0.3 is 5.97 Å². The SMILES string of the molecule is CCCc1nc(S/C(=C\c2ccc(-c3ccc(Br)cc3)o2)C(=O)O)n[nH]1. The van der Waals surface area contributed by atoms with Crippen molar-refractivity contribution in [2.45, 2.75) is 24.9 Å². The molecule has 2 aromatic heterocycles. The highest BCUT2D eigenvalue weighted by Crippen LogP contribution is 2.29. The summed E-state index contributed by atoms with van der Waals surface area (Å²) >= 11 is 4.38. The Balaban J connectivity index is 1.80. The zero-order chi connectivity index (χ0) is 18.5. The van der Waals surface area contributed by atoms with E-state index < -0.39 is 5.97 Å². The van der Waals surface area contributed by atoms with E-state index >= 15 is 0 Å². The van der Waals surface area contributed by atoms with Crippen LogP contribution in [0.25, 0.3) is 17.4 Å². The Morgan fingerprint density at radius 2 is 2.08 bits per heavy atom. The molecule has 0 unspecified atom stereocenters. The van der Waals surface area contributed by atoms with Crippen molar-refractivity contribution in [3.63, 3.8) is 0 Å². The molecule has 0 aliphatic rings. The van der Waals surface area contributed by atoms with Gasteiger partial charge in [0.1, 0.15) is 22.3 Å². The number of nitrogens with zero attached hydrogens (tertiary/aromatic N) is 2. The monoisotopic (exact) mass is 433 g/mol. The fourth-order valence-electron chi connectivity index (χ4n) is 2.23. The molecule has 0 fully saturated rings. The number of hydrogen-bond acceptors (Lipinski definition) is 5. The topological polar surface area (TPSA) is 92.0 Å². The highest BCUT2D eigenvalue weighted by Gasteiger charge is 2.15. The van der Waals surface area contributed by atoms with Crippen LogP contribution in [0.3, 0.4) is 0 Å². The van der Waals surface area contributed by atoms with Gasteiger partial charge in [-0.15, -0.1) is 5.10 Å². The number of carboxylic acids is 1. The van der Waals surface area contributed by atoms with E-state index in [1.54, 1.807) is 6.07 Å². The minimum Gasteiger partial charge on any atom is -0.477 e. The molecule has 2 N–H and O–H groups in total. The summed E-state index contributed by atoms with van der Waals surface area (Å²) in [6, 6.07) is 11.2. The second-order valence-electron chi connectivity index (χ2n) is 5.44. The molecule has 8 heteroatoms. The van der Waals surface area contributed by atoms with Crippen LogP contribution in [0.1, 0.15) is 24.9 Å². The van der Waals surface area contributed by atoms with Gasteiger partial charge in [0.05, 0.1) is 0 Å². The van der Waals surface area contributed by atoms with Crippen LogP contribution in [-0.4, -0.2) is 26.3 Å². The standard InChI is InChI=1S/C18H16BrN3O3S/c1-2-3-16-20-18(22-21-16)26-15(17(23)24)10-13-8-9-14(25-13)11-4-6-12(19)7-5-11/h4-10H,2-3H2,1H3,(H,23,24)(H,20,21,22)/b15-10-. The quantitative estimate of drug-likeness (QED) is 0.402. The first-order valence-corrected chi connectivity index (χ1v) is 9.56. The first-order valence-electron chi connectivity index (χ1n) is 7.95. The molecule has 1 aromatic carbocycles. The number of carboxylic acid groups (broad SMARTS) is 1. The third-order valence-corrected chi connectivity index (χ3v) is 4.85. The second kappa shape index (κ2) is 8.37. The lowest BCUT2D eigenvalue weighted by Crippen LogP contribution is -1.97. The molecule has 3 rings (SSSR count). The van der Waals surface area contributed by atoms with Crippen LogP contribution in [0.5, 0.6) is 0 Å². The maximum absolute atomic E-state index is 11.6. The Morgan fingerprint density at radius 3 is 2.77 bits per heavy atom. The normalized spacial score (nSPS) is 11.7. The van der Waals surface area contributed by atoms with Crippen LogP contribution in [0, 0.1) is 0 Å². The number of thioether (sulfide) groups is 1. The maximum atomic E-state index is 11.6. The van der Waals surface area contributed by atoms with Crippen LogP contribution in [0.4, 0.5) is 0 Å². The highest BCUT2D eigenvalue weighted by atomic mass is 79.9. The predicted molar refractivity (Wildman–Crippen MR) is 104 cm³/mol. The molecule has 3 aromatic rings. The summed E-state index contributed by atoms with van der Waals surface area (Å²) in [5, 5.41) is 16.7. The number of furan rings is 1. The summed E-state index contributed by atoms with van der Waals surface area (Å²) in [4.78, 5) is 15.9. The summed E-state index contributed by atoms with van der Waals surface area (Å²) in [5.41, 5.74) is 0.913. The van der Waals surface area contributed by atoms with E-state index in [1.807, 2.05) is 37.3 Å². The molecule has 6 nitrogen and oxygen atoms in total. The summed E-state index contributed by atoms with van der Waals surface area (Å²) < 4.78 is 6.73. The van der Waals surface area contributed by atoms with E-state index in [1.165, 1.54) is 6.08 Å². The fourth-order valence-corrected chi connectivity index (χ4v) is 3.20. The molecule has 0 spiro atoms. The molecule has 0 saturated carbocycles. The Bertz CT molecular complexity index is 931. The van der Waals surface area contributed by atoms with E-state index in [-0.39, 0.29) is 4.91 Å². The predicted octanol–water partition coefficient (Wildman–Crippen LogP) is 5.00. The lowest BCUT2D eigenvalue weighted by atomic mass is 10.2. The first-order chi connectivity index (χ1) is 12.5. The van der Waals surface area contributed by atoms with Crippen molar-refractivity contribution < 1.29 is 14.3 Å². The van der Waals surface area contributed by atoms with Crippen molar-refractivity contribution >= 4 is 39.7 Å². The van der Waals surface area contributed by atoms with E-state index in [2.05, 4.69) is 31.1 Å². The third-order valence-electron chi connectivity index (χ3n) is 3.44. The molecule has 0 aliphatic heterocycles. The van der Waals surface area contributed by atoms with E-state index in [9.17, 15) is 9.90 Å². The summed E-state index contributed by atoms with van der Waals surface area (Å²) in [7, 11) is 0. The number of aryl methyl sites for hydroxylation is 1. The molecular formula is C18H16BrN3O3S. The van der Waals surface area contributed by atoms with Crippen LogP contribution < -0.4 is 0 Å². The van der Waals surface area contributed by atoms with Gasteiger partial charge in [-0.05, 0) is 42.4 Å². The Hall–Kier alpha value is -2.32. The summed E-state index contributed by atoms with van der Waals surface area (Å²) in [5.74, 6) is 0.812. The Kier molecular flexibility index (Phi) is 5.95. The van der Waals surface area contributed by atoms with Gasteiger partial charge in [-0.3, -0.25) is 5.10 Å². The van der Waals surface area contributed by atoms with E-state index in [0.29, 0.717) is 16.7 Å². The molecule has 0 atom stereocenters. The molecule has 0 amide bonds. The number of aliphatic carboxylic acids is 1. The van der Waals surface area contributed by atoms with Crippen molar-refractivity contribution in [1.29, 1.82) is 0 Å². The highest BCUT2D eigenvalue weighted by molar-refractivity contribution is 9.10. The smallest absolute Gasteiger partial charge is 0.342 e. The lowest BCUT2D eigenvalue weighted by molar-refractivity contribution is -0.131. The van der Waals surface area contributed by atoms with Gasteiger partial charge in [-0.2, -0.15) is 0 Å². The molecule has 0 saturated heterocycles. The number of rotatable bonds is 7. The zero-order valence-corrected chi connectivity index (χ0v) is 16.3. The fraction of sp³-hybridized carbons (Fsp3) is 0.167. The van der Waals surface area contributed by atoms with Gasteiger partial charge in [0, 0.05) is 22.5 Å². The van der Waals surface area contributed by atoms with Crippen molar-refractivity contribution in [2.75, 3.05) is 0 Å². The first kappa shape index (κ1) is 18.5. The average Bonchev–Trinajstić information content (AvgIpc) is 3.25. The number of carbonyl (C=O) groups is 1. The Morgan fingerprint density at radius 1 is 1.31 bits per heavy atom. The molecule has 134 valence electrons. The summed E-state index contributed by atoms with van der Waals surface area (Å²) in [6.07, 6.45) is 3.19. The number of halogens is 1. The van der Waals surface area contributed by atoms with E-state index in [4.69, 9.17) is 4.42 Å². The zero-order valence-electron chi connectivity index (χ0n) is 13.9. The van der Waals surface area contributed by atoms with Gasteiger partial charge in [0.15, 0.2) is 0 Å². The molecule has 2 heterocycles. The second-order valence-corrected chi connectivity index (χ2v) is 7.36. The minimum absolute atomic E-state index is 0.0868. The number of aromatic amines is 1. The number of benzene rings is 1. The Labute approximate surface area is 162 Å². The molecule has 0 radical (unpaired) electrons. The number of hydrogen-bond donors (Lipinski definition) is 2. The van der Waals surface area contributed by atoms with Crippen molar-refractivity contribution in [3.8, 4) is 11.3 Å². The van der Waals surface area contributed by atoms with Gasteiger partial charge < -0.3 is 9.52 Å². The van der Waals surface area contributed by atoms with Crippen LogP contribution in [0.15, 0.2) is 55.3 Å². The average molecular weight is 434 g/mol. The van der Waals surface area contributed by atoms with Crippen LogP contribution in [0.2, 0.25) is 0 Å². The van der Waals surface area contributed by atoms with Gasteiger partial charge in [0.25, 0.3) is 0 Å². The van der Waals surface area contributed by atoms with Crippen molar-refractivity contribution in [3.05, 3.63) is 57.4 Å². The van der Waals surface area contributed by atoms with Crippen LogP contribution in [-0.2, 0) is 11.2 Å². The van der Waals surface area contributed by atoms with Crippen LogP contribution >= 0.6 is 27.7 Å². The largest absolute Gasteiger partial charge is 0.477 e. The third kappa shape index (κ3) is 4.64. The van der Waals surface area contributed by atoms with E-state index in [0.717, 1.165) is 40.5 Å². The summed E-state index contributed by atoms with van der Waals surface area (Å²) in [6.45, 7) is 2.04. The van der Waals surface area contributed by atoms with Crippen molar-refractivity contribution in [2.24, 2.45) is 0 Å². The number of aromatic nitrogens is 3.